The molecular weight excluding hydrogens is 368 g/mol. The highest BCUT2D eigenvalue weighted by Crippen LogP contribution is 2.12. The molecule has 4 rings (SSSR count). The van der Waals surface area contributed by atoms with E-state index in [9.17, 15) is 4.79 Å². The van der Waals surface area contributed by atoms with Crippen LogP contribution in [-0.4, -0.2) is 13.5 Å². The summed E-state index contributed by atoms with van der Waals surface area (Å²) in [7, 11) is -2.91. The van der Waals surface area contributed by atoms with Crippen molar-refractivity contribution >= 4 is 35.1 Å². The molecule has 4 aromatic carbocycles. The highest BCUT2D eigenvalue weighted by atomic mass is 28.3. The van der Waals surface area contributed by atoms with E-state index in [-0.39, 0.29) is 5.41 Å². The van der Waals surface area contributed by atoms with E-state index in [1.54, 1.807) is 6.08 Å². The maximum absolute atomic E-state index is 14.0. The number of carbonyl (C=O) groups is 1. The SMILES string of the molecule is O=C(/C=C/c1ccccc1)[Si](c1ccccc1)(c1ccccc1)c1ccccc1. The Morgan fingerprint density at radius 2 is 0.862 bits per heavy atom. The van der Waals surface area contributed by atoms with Crippen molar-refractivity contribution in [3.63, 3.8) is 0 Å². The zero-order valence-corrected chi connectivity index (χ0v) is 17.1. The van der Waals surface area contributed by atoms with Gasteiger partial charge < -0.3 is 0 Å². The molecule has 29 heavy (non-hydrogen) atoms. The average Bonchev–Trinajstić information content (AvgIpc) is 2.81. The summed E-state index contributed by atoms with van der Waals surface area (Å²) >= 11 is 0. The molecule has 0 atom stereocenters. The highest BCUT2D eigenvalue weighted by molar-refractivity contribution is 7.30. The monoisotopic (exact) mass is 390 g/mol. The first kappa shape index (κ1) is 18.9. The number of allylic oxidation sites excluding steroid dienone is 1. The van der Waals surface area contributed by atoms with Crippen LogP contribution < -0.4 is 15.6 Å². The van der Waals surface area contributed by atoms with Gasteiger partial charge in [-0.15, -0.1) is 0 Å². The molecule has 0 aliphatic carbocycles. The van der Waals surface area contributed by atoms with Gasteiger partial charge in [0.25, 0.3) is 0 Å². The van der Waals surface area contributed by atoms with Crippen LogP contribution in [0.3, 0.4) is 0 Å². The molecule has 0 amide bonds. The van der Waals surface area contributed by atoms with Crippen LogP contribution in [0, 0.1) is 0 Å². The first-order valence-electron chi connectivity index (χ1n) is 9.76. The Hall–Kier alpha value is -3.49. The zero-order chi connectivity index (χ0) is 19.9. The third-order valence-electron chi connectivity index (χ3n) is 5.22. The van der Waals surface area contributed by atoms with Gasteiger partial charge in [0.1, 0.15) is 5.41 Å². The second-order valence-electron chi connectivity index (χ2n) is 6.96. The minimum atomic E-state index is -2.91. The Bertz CT molecular complexity index is 992. The number of carbonyl (C=O) groups excluding carboxylic acids is 1. The molecule has 0 heterocycles. The Labute approximate surface area is 173 Å². The quantitative estimate of drug-likeness (QED) is 0.276. The van der Waals surface area contributed by atoms with Crippen molar-refractivity contribution < 1.29 is 4.79 Å². The van der Waals surface area contributed by atoms with Crippen LogP contribution in [0.1, 0.15) is 5.56 Å². The second kappa shape index (κ2) is 8.68. The van der Waals surface area contributed by atoms with Crippen LogP contribution in [0.15, 0.2) is 127 Å². The van der Waals surface area contributed by atoms with E-state index in [0.717, 1.165) is 21.1 Å². The first-order valence-corrected chi connectivity index (χ1v) is 11.8. The first-order chi connectivity index (χ1) is 14.3. The summed E-state index contributed by atoms with van der Waals surface area (Å²) in [6.45, 7) is 0. The van der Waals surface area contributed by atoms with Crippen molar-refractivity contribution in [2.45, 2.75) is 0 Å². The molecule has 1 nitrogen and oxygen atoms in total. The average molecular weight is 391 g/mol. The van der Waals surface area contributed by atoms with Gasteiger partial charge in [0.15, 0.2) is 0 Å². The molecule has 0 saturated heterocycles. The van der Waals surface area contributed by atoms with Gasteiger partial charge >= 0.3 is 0 Å². The predicted octanol–water partition coefficient (Wildman–Crippen LogP) is 3.98. The molecule has 0 spiro atoms. The number of benzene rings is 4. The van der Waals surface area contributed by atoms with Crippen LogP contribution >= 0.6 is 0 Å². The van der Waals surface area contributed by atoms with Gasteiger partial charge in [0, 0.05) is 0 Å². The Morgan fingerprint density at radius 3 is 1.24 bits per heavy atom. The Morgan fingerprint density at radius 1 is 0.517 bits per heavy atom. The highest BCUT2D eigenvalue weighted by Gasteiger charge is 2.45. The molecule has 0 bridgehead atoms. The summed E-state index contributed by atoms with van der Waals surface area (Å²) in [6.07, 6.45) is 3.70. The molecule has 0 aliphatic heterocycles. The van der Waals surface area contributed by atoms with Gasteiger partial charge in [-0.2, -0.15) is 0 Å². The van der Waals surface area contributed by atoms with E-state index in [0.29, 0.717) is 0 Å². The van der Waals surface area contributed by atoms with Crippen molar-refractivity contribution in [3.05, 3.63) is 133 Å². The standard InChI is InChI=1S/C27H22OSi/c28-27(22-21-23-13-5-1-6-14-23)29(24-15-7-2-8-16-24,25-17-9-3-10-18-25)26-19-11-4-12-20-26/h1-22H/b22-21+. The number of hydrogen-bond acceptors (Lipinski definition) is 1. The summed E-state index contributed by atoms with van der Waals surface area (Å²) in [5.74, 6) is 0. The molecule has 140 valence electrons. The molecule has 2 heteroatoms. The normalized spacial score (nSPS) is 11.4. The molecule has 0 aromatic heterocycles. The van der Waals surface area contributed by atoms with Gasteiger partial charge in [-0.3, -0.25) is 4.79 Å². The largest absolute Gasteiger partial charge is 0.299 e. The summed E-state index contributed by atoms with van der Waals surface area (Å²) < 4.78 is 0. The van der Waals surface area contributed by atoms with Crippen molar-refractivity contribution in [1.82, 2.24) is 0 Å². The van der Waals surface area contributed by atoms with E-state index in [4.69, 9.17) is 0 Å². The molecule has 0 N–H and O–H groups in total. The lowest BCUT2D eigenvalue weighted by Crippen LogP contribution is -2.72. The molecule has 0 aliphatic rings. The summed E-state index contributed by atoms with van der Waals surface area (Å²) in [5, 5.41) is 3.46. The van der Waals surface area contributed by atoms with Crippen molar-refractivity contribution in [2.24, 2.45) is 0 Å². The van der Waals surface area contributed by atoms with Crippen LogP contribution in [0.4, 0.5) is 0 Å². The molecule has 0 unspecified atom stereocenters. The van der Waals surface area contributed by atoms with Gasteiger partial charge in [-0.25, -0.2) is 0 Å². The molecule has 0 radical (unpaired) electrons. The maximum Gasteiger partial charge on any atom is 0.229 e. The van der Waals surface area contributed by atoms with Gasteiger partial charge in [0.05, 0.1) is 0 Å². The summed E-state index contributed by atoms with van der Waals surface area (Å²) in [4.78, 5) is 14.0. The lowest BCUT2D eigenvalue weighted by molar-refractivity contribution is -0.108. The molecule has 0 fully saturated rings. The summed E-state index contributed by atoms with van der Waals surface area (Å²) in [6, 6.07) is 40.7. The van der Waals surface area contributed by atoms with Crippen molar-refractivity contribution in [2.75, 3.05) is 0 Å². The summed E-state index contributed by atoms with van der Waals surface area (Å²) in [5.41, 5.74) is 1.03. The smallest absolute Gasteiger partial charge is 0.229 e. The molecular formula is C27H22OSi. The number of hydrogen-bond donors (Lipinski definition) is 0. The third kappa shape index (κ3) is 3.75. The number of rotatable bonds is 6. The lowest BCUT2D eigenvalue weighted by atomic mass is 10.2. The van der Waals surface area contributed by atoms with Crippen LogP contribution in [0.2, 0.25) is 0 Å². The second-order valence-corrected chi connectivity index (χ2v) is 10.7. The van der Waals surface area contributed by atoms with Gasteiger partial charge in [-0.05, 0) is 27.2 Å². The van der Waals surface area contributed by atoms with E-state index in [1.165, 1.54) is 0 Å². The Balaban J connectivity index is 1.95. The maximum atomic E-state index is 14.0. The van der Waals surface area contributed by atoms with E-state index in [2.05, 4.69) is 36.4 Å². The van der Waals surface area contributed by atoms with Crippen molar-refractivity contribution in [3.8, 4) is 0 Å². The third-order valence-corrected chi connectivity index (χ3v) is 9.72. The minimum Gasteiger partial charge on any atom is -0.299 e. The molecule has 4 aromatic rings. The fourth-order valence-corrected chi connectivity index (χ4v) is 8.12. The van der Waals surface area contributed by atoms with Crippen molar-refractivity contribution in [1.29, 1.82) is 0 Å². The van der Waals surface area contributed by atoms with Gasteiger partial charge in [-0.1, -0.05) is 127 Å². The van der Waals surface area contributed by atoms with E-state index in [1.807, 2.05) is 91.0 Å². The topological polar surface area (TPSA) is 17.1 Å². The fraction of sp³-hybridized carbons (Fsp3) is 0. The van der Waals surface area contributed by atoms with E-state index >= 15 is 0 Å². The van der Waals surface area contributed by atoms with Crippen LogP contribution in [0.5, 0.6) is 0 Å². The predicted molar refractivity (Wildman–Crippen MR) is 124 cm³/mol. The molecule has 0 saturated carbocycles. The van der Waals surface area contributed by atoms with Crippen LogP contribution in [0.25, 0.3) is 6.08 Å². The van der Waals surface area contributed by atoms with Gasteiger partial charge in [0.2, 0.25) is 8.07 Å². The Kier molecular flexibility index (Phi) is 5.64. The minimum absolute atomic E-state index is 0.171. The van der Waals surface area contributed by atoms with Crippen LogP contribution in [-0.2, 0) is 4.79 Å². The lowest BCUT2D eigenvalue weighted by Gasteiger charge is -2.31. The fourth-order valence-electron chi connectivity index (χ4n) is 3.85. The van der Waals surface area contributed by atoms with E-state index < -0.39 is 8.07 Å². The zero-order valence-electron chi connectivity index (χ0n) is 16.1.